The van der Waals surface area contributed by atoms with E-state index in [2.05, 4.69) is 90.2 Å². The van der Waals surface area contributed by atoms with Gasteiger partial charge in [0.2, 0.25) is 0 Å². The molecule has 0 aliphatic carbocycles. The van der Waals surface area contributed by atoms with Gasteiger partial charge in [-0.05, 0) is 36.4 Å². The largest absolute Gasteiger partial charge is 0.395 e. The molecule has 2 aliphatic heterocycles. The van der Waals surface area contributed by atoms with Crippen molar-refractivity contribution in [1.82, 2.24) is 29.7 Å². The fourth-order valence-corrected chi connectivity index (χ4v) is 6.19. The Balaban J connectivity index is 1.05. The van der Waals surface area contributed by atoms with Gasteiger partial charge in [0.05, 0.1) is 35.3 Å². The number of anilines is 2. The zero-order valence-corrected chi connectivity index (χ0v) is 23.8. The molecule has 5 aromatic rings. The Labute approximate surface area is 245 Å². The Morgan fingerprint density at radius 2 is 0.952 bits per heavy atom. The lowest BCUT2D eigenvalue weighted by atomic mass is 10.1. The molecule has 10 heteroatoms. The van der Waals surface area contributed by atoms with Crippen LogP contribution in [0.25, 0.3) is 44.8 Å². The number of fused-ring (bicyclic) bond motifs is 2. The first-order valence-electron chi connectivity index (χ1n) is 14.9. The number of nitrogens with zero attached hydrogens (tertiary/aromatic N) is 6. The number of H-pyrrole nitrogens is 2. The van der Waals surface area contributed by atoms with Gasteiger partial charge in [-0.15, -0.1) is 0 Å². The summed E-state index contributed by atoms with van der Waals surface area (Å²) in [6.07, 6.45) is 0. The second-order valence-corrected chi connectivity index (χ2v) is 11.3. The number of aliphatic hydroxyl groups is 2. The number of hydrogen-bond donors (Lipinski definition) is 4. The van der Waals surface area contributed by atoms with Crippen LogP contribution in [0.3, 0.4) is 0 Å². The van der Waals surface area contributed by atoms with Crippen LogP contribution >= 0.6 is 0 Å². The summed E-state index contributed by atoms with van der Waals surface area (Å²) in [6, 6.07) is 21.3. The molecule has 7 rings (SSSR count). The standard InChI is InChI=1S/C32H38N8O2/c41-19-17-37-9-13-39(14-10-37)25-5-7-27-29(21-25)35-31(33-27)23-1-2-24(4-3-23)32-34-28-8-6-26(22-30(28)36-32)40-15-11-38(12-16-40)18-20-42/h1-8,21-22,41-42H,9-20H2,(H,33,35)(H,34,36). The minimum atomic E-state index is 0.217. The van der Waals surface area contributed by atoms with Crippen molar-refractivity contribution in [3.8, 4) is 22.8 Å². The molecule has 0 amide bonds. The Bertz CT molecular complexity index is 1520. The highest BCUT2D eigenvalue weighted by Gasteiger charge is 2.19. The molecule has 0 radical (unpaired) electrons. The zero-order chi connectivity index (χ0) is 28.5. The molecule has 0 atom stereocenters. The number of β-amino-alcohol motifs (C(OH)–C–C–N with tert-alkyl or cyclic N) is 2. The van der Waals surface area contributed by atoms with E-state index in [1.54, 1.807) is 0 Å². The normalized spacial score (nSPS) is 17.1. The number of nitrogens with one attached hydrogen (secondary N) is 2. The lowest BCUT2D eigenvalue weighted by molar-refractivity contribution is 0.188. The average Bonchev–Trinajstić information content (AvgIpc) is 3.66. The maximum atomic E-state index is 9.21. The molecule has 218 valence electrons. The van der Waals surface area contributed by atoms with Crippen molar-refractivity contribution in [2.75, 3.05) is 88.5 Å². The van der Waals surface area contributed by atoms with E-state index in [0.717, 1.165) is 110 Å². The molecule has 4 heterocycles. The Hall–Kier alpha value is -3.96. The molecule has 0 saturated carbocycles. The summed E-state index contributed by atoms with van der Waals surface area (Å²) in [5.41, 5.74) is 8.46. The average molecular weight is 567 g/mol. The van der Waals surface area contributed by atoms with Gasteiger partial charge in [-0.1, -0.05) is 24.3 Å². The van der Waals surface area contributed by atoms with E-state index in [1.807, 2.05) is 0 Å². The number of rotatable bonds is 8. The van der Waals surface area contributed by atoms with Crippen LogP contribution < -0.4 is 9.80 Å². The molecular formula is C32H38N8O2. The van der Waals surface area contributed by atoms with Crippen molar-refractivity contribution in [1.29, 1.82) is 0 Å². The minimum absolute atomic E-state index is 0.217. The van der Waals surface area contributed by atoms with Gasteiger partial charge in [0.25, 0.3) is 0 Å². The van der Waals surface area contributed by atoms with Crippen LogP contribution in [-0.4, -0.2) is 119 Å². The third-order valence-electron chi connectivity index (χ3n) is 8.67. The van der Waals surface area contributed by atoms with Gasteiger partial charge in [-0.2, -0.15) is 0 Å². The number of aromatic nitrogens is 4. The van der Waals surface area contributed by atoms with Crippen LogP contribution in [0.5, 0.6) is 0 Å². The second kappa shape index (κ2) is 11.7. The van der Waals surface area contributed by atoms with E-state index < -0.39 is 0 Å². The van der Waals surface area contributed by atoms with Gasteiger partial charge < -0.3 is 30.0 Å². The van der Waals surface area contributed by atoms with Crippen molar-refractivity contribution >= 4 is 33.4 Å². The number of aliphatic hydroxyl groups excluding tert-OH is 2. The Morgan fingerprint density at radius 3 is 1.33 bits per heavy atom. The fraction of sp³-hybridized carbons (Fsp3) is 0.375. The van der Waals surface area contributed by atoms with Crippen LogP contribution in [0.4, 0.5) is 11.4 Å². The van der Waals surface area contributed by atoms with E-state index in [1.165, 1.54) is 11.4 Å². The highest BCUT2D eigenvalue weighted by Crippen LogP contribution is 2.29. The monoisotopic (exact) mass is 566 g/mol. The number of piperazine rings is 2. The molecule has 2 aromatic heterocycles. The lowest BCUT2D eigenvalue weighted by Crippen LogP contribution is -2.47. The highest BCUT2D eigenvalue weighted by molar-refractivity contribution is 5.85. The third-order valence-corrected chi connectivity index (χ3v) is 8.67. The molecular weight excluding hydrogens is 528 g/mol. The van der Waals surface area contributed by atoms with E-state index in [4.69, 9.17) is 9.97 Å². The molecule has 0 spiro atoms. The molecule has 0 bridgehead atoms. The van der Waals surface area contributed by atoms with Crippen LogP contribution in [0.15, 0.2) is 60.7 Å². The molecule has 4 N–H and O–H groups in total. The summed E-state index contributed by atoms with van der Waals surface area (Å²) in [6.45, 7) is 9.63. The maximum Gasteiger partial charge on any atom is 0.138 e. The first kappa shape index (κ1) is 26.9. The summed E-state index contributed by atoms with van der Waals surface area (Å²) >= 11 is 0. The van der Waals surface area contributed by atoms with Gasteiger partial charge in [0, 0.05) is 87.9 Å². The van der Waals surface area contributed by atoms with Crippen molar-refractivity contribution < 1.29 is 10.2 Å². The van der Waals surface area contributed by atoms with E-state index in [-0.39, 0.29) is 13.2 Å². The molecule has 3 aromatic carbocycles. The minimum Gasteiger partial charge on any atom is -0.395 e. The van der Waals surface area contributed by atoms with E-state index in [0.29, 0.717) is 0 Å². The van der Waals surface area contributed by atoms with Crippen LogP contribution in [0.2, 0.25) is 0 Å². The number of hydrogen-bond acceptors (Lipinski definition) is 8. The quantitative estimate of drug-likeness (QED) is 0.227. The maximum absolute atomic E-state index is 9.21. The summed E-state index contributed by atoms with van der Waals surface area (Å²) in [5.74, 6) is 1.71. The molecule has 2 aliphatic rings. The predicted molar refractivity (Wildman–Crippen MR) is 168 cm³/mol. The van der Waals surface area contributed by atoms with Gasteiger partial charge in [-0.3, -0.25) is 9.80 Å². The predicted octanol–water partition coefficient (Wildman–Crippen LogP) is 3.00. The molecule has 2 fully saturated rings. The van der Waals surface area contributed by atoms with Crippen molar-refractivity contribution in [2.45, 2.75) is 0 Å². The number of aromatic amines is 2. The number of benzene rings is 3. The third kappa shape index (κ3) is 5.46. The Morgan fingerprint density at radius 1 is 0.548 bits per heavy atom. The summed E-state index contributed by atoms with van der Waals surface area (Å²) in [4.78, 5) is 26.2. The van der Waals surface area contributed by atoms with Gasteiger partial charge in [0.15, 0.2) is 0 Å². The fourth-order valence-electron chi connectivity index (χ4n) is 6.19. The van der Waals surface area contributed by atoms with Crippen LogP contribution in [0, 0.1) is 0 Å². The molecule has 2 saturated heterocycles. The highest BCUT2D eigenvalue weighted by atomic mass is 16.3. The second-order valence-electron chi connectivity index (χ2n) is 11.3. The smallest absolute Gasteiger partial charge is 0.138 e. The number of imidazole rings is 2. The van der Waals surface area contributed by atoms with Crippen LogP contribution in [-0.2, 0) is 0 Å². The van der Waals surface area contributed by atoms with Crippen molar-refractivity contribution in [2.24, 2.45) is 0 Å². The van der Waals surface area contributed by atoms with Gasteiger partial charge in [-0.25, -0.2) is 9.97 Å². The molecule has 10 nitrogen and oxygen atoms in total. The summed E-state index contributed by atoms with van der Waals surface area (Å²) < 4.78 is 0. The lowest BCUT2D eigenvalue weighted by Gasteiger charge is -2.35. The first-order valence-corrected chi connectivity index (χ1v) is 14.9. The SMILES string of the molecule is OCCN1CCN(c2ccc3nc(-c4ccc(-c5nc6ccc(N7CCN(CCO)CC7)cc6[nH]5)cc4)[nH]c3c2)CC1. The topological polar surface area (TPSA) is 111 Å². The summed E-state index contributed by atoms with van der Waals surface area (Å²) in [7, 11) is 0. The van der Waals surface area contributed by atoms with Crippen molar-refractivity contribution in [3.63, 3.8) is 0 Å². The van der Waals surface area contributed by atoms with Crippen LogP contribution in [0.1, 0.15) is 0 Å². The van der Waals surface area contributed by atoms with E-state index >= 15 is 0 Å². The molecule has 0 unspecified atom stereocenters. The zero-order valence-electron chi connectivity index (χ0n) is 23.8. The summed E-state index contributed by atoms with van der Waals surface area (Å²) in [5, 5.41) is 18.4. The van der Waals surface area contributed by atoms with Crippen molar-refractivity contribution in [3.05, 3.63) is 60.7 Å². The first-order chi connectivity index (χ1) is 20.7. The van der Waals surface area contributed by atoms with Gasteiger partial charge >= 0.3 is 0 Å². The van der Waals surface area contributed by atoms with Gasteiger partial charge in [0.1, 0.15) is 11.6 Å². The molecule has 42 heavy (non-hydrogen) atoms. The van der Waals surface area contributed by atoms with E-state index in [9.17, 15) is 10.2 Å². The Kier molecular flexibility index (Phi) is 7.52.